The van der Waals surface area contributed by atoms with Gasteiger partial charge < -0.3 is 10.4 Å². The highest BCUT2D eigenvalue weighted by atomic mass is 16.4. The molecule has 24 heavy (non-hydrogen) atoms. The van der Waals surface area contributed by atoms with E-state index in [1.165, 1.54) is 18.1 Å². The second-order valence-corrected chi connectivity index (χ2v) is 6.41. The van der Waals surface area contributed by atoms with Gasteiger partial charge in [0.25, 0.3) is 0 Å². The van der Waals surface area contributed by atoms with Crippen LogP contribution in [-0.2, 0) is 27.2 Å². The van der Waals surface area contributed by atoms with Crippen LogP contribution in [-0.4, -0.2) is 29.3 Å². The van der Waals surface area contributed by atoms with Crippen LogP contribution in [0, 0.1) is 5.92 Å². The summed E-state index contributed by atoms with van der Waals surface area (Å²) in [5, 5.41) is 12.4. The molecule has 0 bridgehead atoms. The molecule has 0 fully saturated rings. The zero-order chi connectivity index (χ0) is 17.7. The fraction of sp³-hybridized carbons (Fsp3) is 0.526. The molecular formula is C19H25NO4. The van der Waals surface area contributed by atoms with Crippen molar-refractivity contribution >= 4 is 17.7 Å². The molecule has 0 aromatic heterocycles. The molecular weight excluding hydrogens is 306 g/mol. The quantitative estimate of drug-likeness (QED) is 0.804. The summed E-state index contributed by atoms with van der Waals surface area (Å²) in [7, 11) is 0. The van der Waals surface area contributed by atoms with Crippen molar-refractivity contribution in [2.75, 3.05) is 6.54 Å². The minimum absolute atomic E-state index is 0.0516. The first-order chi connectivity index (χ1) is 11.4. The highest BCUT2D eigenvalue weighted by Gasteiger charge is 2.34. The number of carboxylic acids is 1. The van der Waals surface area contributed by atoms with Crippen molar-refractivity contribution in [2.45, 2.75) is 51.9 Å². The molecule has 1 aliphatic carbocycles. The number of hydrogen-bond donors (Lipinski definition) is 2. The SMILES string of the molecule is CCC(=O)C(CNC(C)=O)C(C(=O)O)c1ccc2c(c1)CCCC2. The second kappa shape index (κ2) is 8.08. The fourth-order valence-corrected chi connectivity index (χ4v) is 3.43. The molecule has 5 heteroatoms. The van der Waals surface area contributed by atoms with Crippen LogP contribution < -0.4 is 5.32 Å². The number of carbonyl (C=O) groups is 3. The van der Waals surface area contributed by atoms with E-state index in [-0.39, 0.29) is 24.7 Å². The number of aliphatic carboxylic acids is 1. The summed E-state index contributed by atoms with van der Waals surface area (Å²) in [6, 6.07) is 5.76. The third-order valence-electron chi connectivity index (χ3n) is 4.73. The van der Waals surface area contributed by atoms with Crippen LogP contribution in [0.3, 0.4) is 0 Å². The first-order valence-electron chi connectivity index (χ1n) is 8.55. The average Bonchev–Trinajstić information content (AvgIpc) is 2.56. The van der Waals surface area contributed by atoms with Gasteiger partial charge in [-0.25, -0.2) is 0 Å². The van der Waals surface area contributed by atoms with E-state index in [4.69, 9.17) is 0 Å². The first kappa shape index (κ1) is 18.2. The molecule has 2 N–H and O–H groups in total. The predicted octanol–water partition coefficient (Wildman–Crippen LogP) is 2.47. The highest BCUT2D eigenvalue weighted by Crippen LogP contribution is 2.31. The minimum atomic E-state index is -1.03. The molecule has 5 nitrogen and oxygen atoms in total. The Morgan fingerprint density at radius 2 is 1.83 bits per heavy atom. The third kappa shape index (κ3) is 4.22. The lowest BCUT2D eigenvalue weighted by Gasteiger charge is -2.25. The number of fused-ring (bicyclic) bond motifs is 1. The number of nitrogens with one attached hydrogen (secondary N) is 1. The molecule has 2 unspecified atom stereocenters. The van der Waals surface area contributed by atoms with Crippen LogP contribution in [0.5, 0.6) is 0 Å². The first-order valence-corrected chi connectivity index (χ1v) is 8.55. The summed E-state index contributed by atoms with van der Waals surface area (Å²) in [6.45, 7) is 3.13. The number of aryl methyl sites for hydroxylation is 2. The lowest BCUT2D eigenvalue weighted by atomic mass is 9.80. The molecule has 0 heterocycles. The number of hydrogen-bond acceptors (Lipinski definition) is 3. The van der Waals surface area contributed by atoms with E-state index in [1.54, 1.807) is 6.92 Å². The standard InChI is InChI=1S/C19H25NO4/c1-3-17(22)16(11-20-12(2)21)18(19(23)24)15-9-8-13-6-4-5-7-14(13)10-15/h8-10,16,18H,3-7,11H2,1-2H3,(H,20,21)(H,23,24). The summed E-state index contributed by atoms with van der Waals surface area (Å²) >= 11 is 0. The maximum Gasteiger partial charge on any atom is 0.311 e. The van der Waals surface area contributed by atoms with Gasteiger partial charge in [0.15, 0.2) is 0 Å². The van der Waals surface area contributed by atoms with Gasteiger partial charge in [-0.05, 0) is 42.4 Å². The number of carboxylic acid groups (broad SMARTS) is 1. The van der Waals surface area contributed by atoms with Gasteiger partial charge in [-0.15, -0.1) is 0 Å². The van der Waals surface area contributed by atoms with Gasteiger partial charge in [0.05, 0.1) is 11.8 Å². The molecule has 130 valence electrons. The number of benzene rings is 1. The predicted molar refractivity (Wildman–Crippen MR) is 90.9 cm³/mol. The molecule has 0 saturated carbocycles. The van der Waals surface area contributed by atoms with Crippen molar-refractivity contribution in [3.05, 3.63) is 34.9 Å². The second-order valence-electron chi connectivity index (χ2n) is 6.41. The Bertz CT molecular complexity index is 638. The van der Waals surface area contributed by atoms with Gasteiger partial charge in [-0.3, -0.25) is 14.4 Å². The zero-order valence-corrected chi connectivity index (χ0v) is 14.3. The zero-order valence-electron chi connectivity index (χ0n) is 14.3. The van der Waals surface area contributed by atoms with Crippen molar-refractivity contribution in [3.63, 3.8) is 0 Å². The fourth-order valence-electron chi connectivity index (χ4n) is 3.43. The topological polar surface area (TPSA) is 83.5 Å². The van der Waals surface area contributed by atoms with Crippen LogP contribution >= 0.6 is 0 Å². The summed E-state index contributed by atoms with van der Waals surface area (Å²) in [5.74, 6) is -3.12. The molecule has 0 spiro atoms. The Hall–Kier alpha value is -2.17. The van der Waals surface area contributed by atoms with Gasteiger partial charge >= 0.3 is 5.97 Å². The van der Waals surface area contributed by atoms with Crippen molar-refractivity contribution in [1.29, 1.82) is 0 Å². The summed E-state index contributed by atoms with van der Waals surface area (Å²) in [4.78, 5) is 35.4. The van der Waals surface area contributed by atoms with Crippen LogP contribution in [0.4, 0.5) is 0 Å². The molecule has 2 atom stereocenters. The Kier molecular flexibility index (Phi) is 6.12. The van der Waals surface area contributed by atoms with Crippen molar-refractivity contribution in [1.82, 2.24) is 5.32 Å². The Labute approximate surface area is 142 Å². The number of Topliss-reactive ketones (excluding diaryl/α,β-unsaturated/α-hetero) is 1. The van der Waals surface area contributed by atoms with E-state index in [1.807, 2.05) is 18.2 Å². The molecule has 1 aliphatic rings. The molecule has 1 amide bonds. The van der Waals surface area contributed by atoms with Crippen molar-refractivity contribution in [3.8, 4) is 0 Å². The van der Waals surface area contributed by atoms with E-state index < -0.39 is 17.8 Å². The molecule has 0 radical (unpaired) electrons. The lowest BCUT2D eigenvalue weighted by molar-refractivity contribution is -0.143. The van der Waals surface area contributed by atoms with E-state index in [9.17, 15) is 19.5 Å². The van der Waals surface area contributed by atoms with Crippen LogP contribution in [0.1, 0.15) is 55.7 Å². The van der Waals surface area contributed by atoms with Gasteiger partial charge in [0, 0.05) is 19.9 Å². The van der Waals surface area contributed by atoms with Crippen molar-refractivity contribution < 1.29 is 19.5 Å². The summed E-state index contributed by atoms with van der Waals surface area (Å²) in [5.41, 5.74) is 3.11. The smallest absolute Gasteiger partial charge is 0.311 e. The van der Waals surface area contributed by atoms with Crippen molar-refractivity contribution in [2.24, 2.45) is 5.92 Å². The summed E-state index contributed by atoms with van der Waals surface area (Å²) in [6.07, 6.45) is 4.49. The average molecular weight is 331 g/mol. The van der Waals surface area contributed by atoms with Gasteiger partial charge in [0.1, 0.15) is 5.78 Å². The maximum atomic E-state index is 12.3. The van der Waals surface area contributed by atoms with E-state index in [0.29, 0.717) is 5.56 Å². The Morgan fingerprint density at radius 3 is 2.42 bits per heavy atom. The molecule has 1 aromatic carbocycles. The number of rotatable bonds is 7. The molecule has 1 aromatic rings. The largest absolute Gasteiger partial charge is 0.481 e. The number of carbonyl (C=O) groups excluding carboxylic acids is 2. The van der Waals surface area contributed by atoms with E-state index in [0.717, 1.165) is 25.7 Å². The van der Waals surface area contributed by atoms with Gasteiger partial charge in [0.2, 0.25) is 5.91 Å². The number of ketones is 1. The number of amides is 1. The van der Waals surface area contributed by atoms with Crippen LogP contribution in [0.2, 0.25) is 0 Å². The lowest BCUT2D eigenvalue weighted by Crippen LogP contribution is -2.38. The normalized spacial score (nSPS) is 15.9. The summed E-state index contributed by atoms with van der Waals surface area (Å²) < 4.78 is 0. The monoisotopic (exact) mass is 331 g/mol. The van der Waals surface area contributed by atoms with Crippen LogP contribution in [0.15, 0.2) is 18.2 Å². The Morgan fingerprint density at radius 1 is 1.17 bits per heavy atom. The third-order valence-corrected chi connectivity index (χ3v) is 4.73. The van der Waals surface area contributed by atoms with Crippen LogP contribution in [0.25, 0.3) is 0 Å². The van der Waals surface area contributed by atoms with E-state index >= 15 is 0 Å². The van der Waals surface area contributed by atoms with Gasteiger partial charge in [-0.1, -0.05) is 25.1 Å². The molecule has 2 rings (SSSR count). The minimum Gasteiger partial charge on any atom is -0.481 e. The maximum absolute atomic E-state index is 12.3. The highest BCUT2D eigenvalue weighted by molar-refractivity contribution is 5.89. The molecule has 0 saturated heterocycles. The Balaban J connectivity index is 2.36. The van der Waals surface area contributed by atoms with Gasteiger partial charge in [-0.2, -0.15) is 0 Å². The molecule has 0 aliphatic heterocycles. The van der Waals surface area contributed by atoms with E-state index in [2.05, 4.69) is 5.32 Å².